The number of hydrogen-bond acceptors (Lipinski definition) is 2. The second-order valence-corrected chi connectivity index (χ2v) is 3.31. The molecule has 0 bridgehead atoms. The highest BCUT2D eigenvalue weighted by Gasteiger charge is 2.23. The van der Waals surface area contributed by atoms with Gasteiger partial charge in [0.15, 0.2) is 0 Å². The Bertz CT molecular complexity index is 147. The van der Waals surface area contributed by atoms with E-state index in [0.717, 1.165) is 25.7 Å². The summed E-state index contributed by atoms with van der Waals surface area (Å²) in [6.45, 7) is 0. The first kappa shape index (κ1) is 8.53. The normalized spacial score (nSPS) is 31.7. The van der Waals surface area contributed by atoms with E-state index in [1.54, 1.807) is 0 Å². The molecule has 0 aromatic heterocycles. The lowest BCUT2D eigenvalue weighted by molar-refractivity contribution is -0.138. The average molecular weight is 157 g/mol. The van der Waals surface area contributed by atoms with E-state index in [1.165, 1.54) is 0 Å². The van der Waals surface area contributed by atoms with Crippen LogP contribution < -0.4 is 5.73 Å². The molecule has 1 saturated carbocycles. The number of hydrogen-bond donors (Lipinski definition) is 2. The van der Waals surface area contributed by atoms with E-state index in [9.17, 15) is 4.79 Å². The second kappa shape index (κ2) is 3.72. The van der Waals surface area contributed by atoms with Gasteiger partial charge in [-0.25, -0.2) is 0 Å². The van der Waals surface area contributed by atoms with Gasteiger partial charge in [-0.15, -0.1) is 0 Å². The van der Waals surface area contributed by atoms with Crippen molar-refractivity contribution in [2.75, 3.05) is 0 Å². The Labute approximate surface area is 66.6 Å². The fraction of sp³-hybridized carbons (Fsp3) is 0.875. The smallest absolute Gasteiger partial charge is 0.303 e. The molecule has 0 saturated heterocycles. The maximum Gasteiger partial charge on any atom is 0.303 e. The van der Waals surface area contributed by atoms with Gasteiger partial charge in [-0.3, -0.25) is 4.79 Å². The maximum atomic E-state index is 10.4. The lowest BCUT2D eigenvalue weighted by Crippen LogP contribution is -2.34. The second-order valence-electron chi connectivity index (χ2n) is 3.31. The molecule has 0 aliphatic heterocycles. The van der Waals surface area contributed by atoms with Crippen LogP contribution in [0.1, 0.15) is 32.1 Å². The minimum atomic E-state index is -0.715. The Morgan fingerprint density at radius 2 is 2.09 bits per heavy atom. The summed E-state index contributed by atoms with van der Waals surface area (Å²) in [6.07, 6.45) is 4.55. The number of carbonyl (C=O) groups is 1. The highest BCUT2D eigenvalue weighted by Crippen LogP contribution is 2.25. The first-order valence-corrected chi connectivity index (χ1v) is 4.17. The van der Waals surface area contributed by atoms with E-state index in [1.807, 2.05) is 0 Å². The van der Waals surface area contributed by atoms with Crippen molar-refractivity contribution in [3.8, 4) is 0 Å². The van der Waals surface area contributed by atoms with Gasteiger partial charge in [0, 0.05) is 12.5 Å². The predicted octanol–water partition coefficient (Wildman–Crippen LogP) is 0.979. The topological polar surface area (TPSA) is 63.3 Å². The summed E-state index contributed by atoms with van der Waals surface area (Å²) in [7, 11) is 0. The summed E-state index contributed by atoms with van der Waals surface area (Å²) in [5.74, 6) is -0.492. The SMILES string of the molecule is N[C@@H]1CCCCC1CC(=O)O. The molecule has 3 N–H and O–H groups in total. The Balaban J connectivity index is 2.35. The third kappa shape index (κ3) is 2.50. The van der Waals surface area contributed by atoms with Gasteiger partial charge >= 0.3 is 5.97 Å². The molecule has 2 atom stereocenters. The Hall–Kier alpha value is -0.570. The molecule has 0 aromatic rings. The van der Waals surface area contributed by atoms with Crippen molar-refractivity contribution in [2.24, 2.45) is 11.7 Å². The summed E-state index contributed by atoms with van der Waals surface area (Å²) < 4.78 is 0. The molecule has 3 nitrogen and oxygen atoms in total. The van der Waals surface area contributed by atoms with Crippen LogP contribution in [0.15, 0.2) is 0 Å². The zero-order valence-electron chi connectivity index (χ0n) is 6.62. The molecule has 1 aliphatic carbocycles. The van der Waals surface area contributed by atoms with Crippen LogP contribution in [0.5, 0.6) is 0 Å². The lowest BCUT2D eigenvalue weighted by atomic mass is 9.83. The number of carboxylic acid groups (broad SMARTS) is 1. The molecule has 1 rings (SSSR count). The largest absolute Gasteiger partial charge is 0.481 e. The molecule has 3 heteroatoms. The van der Waals surface area contributed by atoms with Crippen LogP contribution in [0, 0.1) is 5.92 Å². The predicted molar refractivity (Wildman–Crippen MR) is 42.2 cm³/mol. The molecule has 0 aromatic carbocycles. The number of nitrogens with two attached hydrogens (primary N) is 1. The van der Waals surface area contributed by atoms with Crippen molar-refractivity contribution in [2.45, 2.75) is 38.1 Å². The molecule has 0 radical (unpaired) electrons. The van der Waals surface area contributed by atoms with E-state index < -0.39 is 5.97 Å². The average Bonchev–Trinajstić information content (AvgIpc) is 1.93. The van der Waals surface area contributed by atoms with Crippen LogP contribution in [-0.4, -0.2) is 17.1 Å². The number of aliphatic carboxylic acids is 1. The zero-order valence-corrected chi connectivity index (χ0v) is 6.62. The van der Waals surface area contributed by atoms with Crippen molar-refractivity contribution in [3.05, 3.63) is 0 Å². The minimum Gasteiger partial charge on any atom is -0.481 e. The highest BCUT2D eigenvalue weighted by molar-refractivity contribution is 5.67. The van der Waals surface area contributed by atoms with Gasteiger partial charge in [0.1, 0.15) is 0 Å². The van der Waals surface area contributed by atoms with E-state index in [0.29, 0.717) is 0 Å². The van der Waals surface area contributed by atoms with Crippen molar-refractivity contribution in [3.63, 3.8) is 0 Å². The molecule has 0 amide bonds. The van der Waals surface area contributed by atoms with Gasteiger partial charge < -0.3 is 10.8 Å². The summed E-state index contributed by atoms with van der Waals surface area (Å²) in [5.41, 5.74) is 5.76. The summed E-state index contributed by atoms with van der Waals surface area (Å²) in [5, 5.41) is 8.53. The Morgan fingerprint density at radius 3 is 2.64 bits per heavy atom. The molecule has 1 aliphatic rings. The van der Waals surface area contributed by atoms with Crippen LogP contribution >= 0.6 is 0 Å². The van der Waals surface area contributed by atoms with E-state index in [4.69, 9.17) is 10.8 Å². The van der Waals surface area contributed by atoms with E-state index in [-0.39, 0.29) is 18.4 Å². The molecule has 11 heavy (non-hydrogen) atoms. The first-order valence-electron chi connectivity index (χ1n) is 4.17. The molecular formula is C8H15NO2. The molecule has 0 heterocycles. The van der Waals surface area contributed by atoms with Gasteiger partial charge in [0.25, 0.3) is 0 Å². The van der Waals surface area contributed by atoms with Crippen molar-refractivity contribution in [1.82, 2.24) is 0 Å². The van der Waals surface area contributed by atoms with Gasteiger partial charge in [-0.05, 0) is 18.8 Å². The van der Waals surface area contributed by atoms with E-state index in [2.05, 4.69) is 0 Å². The fourth-order valence-corrected chi connectivity index (χ4v) is 1.71. The third-order valence-electron chi connectivity index (χ3n) is 2.40. The summed E-state index contributed by atoms with van der Waals surface area (Å²) in [4.78, 5) is 10.4. The van der Waals surface area contributed by atoms with Crippen LogP contribution in [0.3, 0.4) is 0 Å². The van der Waals surface area contributed by atoms with Crippen molar-refractivity contribution >= 4 is 5.97 Å². The lowest BCUT2D eigenvalue weighted by Gasteiger charge is -2.26. The molecule has 64 valence electrons. The molecule has 1 fully saturated rings. The standard InChI is InChI=1S/C8H15NO2/c9-7-4-2-1-3-6(7)5-8(10)11/h6-7H,1-5,9H2,(H,10,11)/t6?,7-/m1/s1. The Kier molecular flexibility index (Phi) is 2.88. The van der Waals surface area contributed by atoms with Crippen molar-refractivity contribution < 1.29 is 9.90 Å². The van der Waals surface area contributed by atoms with Crippen LogP contribution in [0.4, 0.5) is 0 Å². The monoisotopic (exact) mass is 157 g/mol. The zero-order chi connectivity index (χ0) is 8.27. The number of carboxylic acids is 1. The number of rotatable bonds is 2. The van der Waals surface area contributed by atoms with Gasteiger partial charge in [0.2, 0.25) is 0 Å². The fourth-order valence-electron chi connectivity index (χ4n) is 1.71. The van der Waals surface area contributed by atoms with Crippen molar-refractivity contribution in [1.29, 1.82) is 0 Å². The third-order valence-corrected chi connectivity index (χ3v) is 2.40. The molecular weight excluding hydrogens is 142 g/mol. The van der Waals surface area contributed by atoms with Gasteiger partial charge in [-0.1, -0.05) is 12.8 Å². The van der Waals surface area contributed by atoms with Gasteiger partial charge in [0.05, 0.1) is 0 Å². The molecule has 0 spiro atoms. The minimum absolute atomic E-state index is 0.125. The Morgan fingerprint density at radius 1 is 1.45 bits per heavy atom. The van der Waals surface area contributed by atoms with Crippen LogP contribution in [-0.2, 0) is 4.79 Å². The molecule has 1 unspecified atom stereocenters. The van der Waals surface area contributed by atoms with Crippen LogP contribution in [0.25, 0.3) is 0 Å². The quantitative estimate of drug-likeness (QED) is 0.628. The van der Waals surface area contributed by atoms with E-state index >= 15 is 0 Å². The highest BCUT2D eigenvalue weighted by atomic mass is 16.4. The summed E-state index contributed by atoms with van der Waals surface area (Å²) >= 11 is 0. The van der Waals surface area contributed by atoms with Gasteiger partial charge in [-0.2, -0.15) is 0 Å². The first-order chi connectivity index (χ1) is 5.20. The van der Waals surface area contributed by atoms with Crippen LogP contribution in [0.2, 0.25) is 0 Å². The summed E-state index contributed by atoms with van der Waals surface area (Å²) in [6, 6.07) is 0.125. The maximum absolute atomic E-state index is 10.4.